The van der Waals surface area contributed by atoms with Crippen molar-refractivity contribution in [2.45, 2.75) is 26.9 Å². The van der Waals surface area contributed by atoms with Gasteiger partial charge < -0.3 is 9.84 Å². The molecule has 1 heterocycles. The van der Waals surface area contributed by atoms with E-state index in [1.807, 2.05) is 40.0 Å². The van der Waals surface area contributed by atoms with Gasteiger partial charge in [-0.15, -0.1) is 0 Å². The third kappa shape index (κ3) is 2.49. The van der Waals surface area contributed by atoms with E-state index < -0.39 is 6.10 Å². The molecule has 4 heteroatoms. The van der Waals surface area contributed by atoms with E-state index in [1.165, 1.54) is 0 Å². The molecule has 0 bridgehead atoms. The molecule has 0 fully saturated rings. The second-order valence-electron chi connectivity index (χ2n) is 4.96. The standard InChI is InChI=1S/C15H20N2O2/c1-9-6-10(2)8-12(7-9)14(18)13-11(3)16-17(4)15(13)19-5/h6-8,14,18H,1-5H3. The minimum atomic E-state index is -0.720. The van der Waals surface area contributed by atoms with E-state index >= 15 is 0 Å². The summed E-state index contributed by atoms with van der Waals surface area (Å²) in [6.07, 6.45) is -0.720. The van der Waals surface area contributed by atoms with Crippen LogP contribution in [0.2, 0.25) is 0 Å². The van der Waals surface area contributed by atoms with Gasteiger partial charge in [0.2, 0.25) is 5.88 Å². The number of aromatic nitrogens is 2. The third-order valence-corrected chi connectivity index (χ3v) is 3.24. The summed E-state index contributed by atoms with van der Waals surface area (Å²) in [7, 11) is 3.40. The van der Waals surface area contributed by atoms with Crippen molar-refractivity contribution < 1.29 is 9.84 Å². The number of hydrogen-bond acceptors (Lipinski definition) is 3. The molecule has 0 aliphatic heterocycles. The Labute approximate surface area is 113 Å². The van der Waals surface area contributed by atoms with Gasteiger partial charge in [-0.25, -0.2) is 4.68 Å². The molecular weight excluding hydrogens is 240 g/mol. The largest absolute Gasteiger partial charge is 0.481 e. The average Bonchev–Trinajstić information content (AvgIpc) is 2.61. The van der Waals surface area contributed by atoms with Gasteiger partial charge in [-0.2, -0.15) is 5.10 Å². The summed E-state index contributed by atoms with van der Waals surface area (Å²) in [5, 5.41) is 14.9. The molecule has 0 saturated carbocycles. The van der Waals surface area contributed by atoms with E-state index in [9.17, 15) is 5.11 Å². The molecule has 1 aromatic heterocycles. The number of ether oxygens (including phenoxy) is 1. The van der Waals surface area contributed by atoms with Crippen LogP contribution in [0.4, 0.5) is 0 Å². The predicted molar refractivity (Wildman–Crippen MR) is 74.5 cm³/mol. The summed E-state index contributed by atoms with van der Waals surface area (Å²) in [4.78, 5) is 0. The molecule has 1 unspecified atom stereocenters. The third-order valence-electron chi connectivity index (χ3n) is 3.24. The first-order valence-corrected chi connectivity index (χ1v) is 6.27. The maximum absolute atomic E-state index is 10.6. The first-order valence-electron chi connectivity index (χ1n) is 6.27. The summed E-state index contributed by atoms with van der Waals surface area (Å²) in [6.45, 7) is 5.93. The van der Waals surface area contributed by atoms with Crippen molar-refractivity contribution >= 4 is 0 Å². The molecule has 0 saturated heterocycles. The van der Waals surface area contributed by atoms with Gasteiger partial charge in [0.25, 0.3) is 0 Å². The highest BCUT2D eigenvalue weighted by atomic mass is 16.5. The minimum Gasteiger partial charge on any atom is -0.481 e. The fourth-order valence-corrected chi connectivity index (χ4v) is 2.54. The van der Waals surface area contributed by atoms with Crippen LogP contribution in [-0.2, 0) is 7.05 Å². The van der Waals surface area contributed by atoms with Crippen LogP contribution in [0.15, 0.2) is 18.2 Å². The van der Waals surface area contributed by atoms with Crippen molar-refractivity contribution in [1.29, 1.82) is 0 Å². The number of aliphatic hydroxyl groups excluding tert-OH is 1. The number of methoxy groups -OCH3 is 1. The van der Waals surface area contributed by atoms with Crippen molar-refractivity contribution in [3.8, 4) is 5.88 Å². The van der Waals surface area contributed by atoms with Gasteiger partial charge in [0.05, 0.1) is 18.4 Å². The monoisotopic (exact) mass is 260 g/mol. The Balaban J connectivity index is 2.52. The molecule has 1 aromatic carbocycles. The van der Waals surface area contributed by atoms with E-state index in [-0.39, 0.29) is 0 Å². The highest BCUT2D eigenvalue weighted by molar-refractivity contribution is 5.41. The molecule has 2 rings (SSSR count). The number of aryl methyl sites for hydroxylation is 4. The van der Waals surface area contributed by atoms with Crippen molar-refractivity contribution in [3.63, 3.8) is 0 Å². The van der Waals surface area contributed by atoms with Gasteiger partial charge in [0.1, 0.15) is 6.10 Å². The van der Waals surface area contributed by atoms with Crippen LogP contribution in [0.5, 0.6) is 5.88 Å². The molecule has 0 amide bonds. The fraction of sp³-hybridized carbons (Fsp3) is 0.400. The topological polar surface area (TPSA) is 47.3 Å². The molecule has 0 radical (unpaired) electrons. The Kier molecular flexibility index (Phi) is 3.62. The maximum Gasteiger partial charge on any atom is 0.217 e. The number of rotatable bonds is 3. The maximum atomic E-state index is 10.6. The fourth-order valence-electron chi connectivity index (χ4n) is 2.54. The Bertz CT molecular complexity index is 582. The Morgan fingerprint density at radius 3 is 2.26 bits per heavy atom. The lowest BCUT2D eigenvalue weighted by Crippen LogP contribution is -2.04. The molecule has 0 aliphatic carbocycles. The summed E-state index contributed by atoms with van der Waals surface area (Å²) in [5.41, 5.74) is 4.65. The van der Waals surface area contributed by atoms with Crippen LogP contribution in [0.1, 0.15) is 34.1 Å². The van der Waals surface area contributed by atoms with Crippen LogP contribution in [-0.4, -0.2) is 22.0 Å². The molecule has 2 aromatic rings. The van der Waals surface area contributed by atoms with Gasteiger partial charge in [-0.1, -0.05) is 29.3 Å². The van der Waals surface area contributed by atoms with Crippen LogP contribution < -0.4 is 4.74 Å². The summed E-state index contributed by atoms with van der Waals surface area (Å²) < 4.78 is 6.99. The molecular formula is C15H20N2O2. The quantitative estimate of drug-likeness (QED) is 0.922. The Hall–Kier alpha value is -1.81. The summed E-state index contributed by atoms with van der Waals surface area (Å²) >= 11 is 0. The number of nitrogens with zero attached hydrogens (tertiary/aromatic N) is 2. The van der Waals surface area contributed by atoms with Gasteiger partial charge in [0.15, 0.2) is 0 Å². The van der Waals surface area contributed by atoms with E-state index in [0.29, 0.717) is 5.88 Å². The van der Waals surface area contributed by atoms with Crippen LogP contribution >= 0.6 is 0 Å². The summed E-state index contributed by atoms with van der Waals surface area (Å²) in [5.74, 6) is 0.601. The normalized spacial score (nSPS) is 12.5. The first kappa shape index (κ1) is 13.6. The Morgan fingerprint density at radius 1 is 1.16 bits per heavy atom. The smallest absolute Gasteiger partial charge is 0.217 e. The zero-order valence-corrected chi connectivity index (χ0v) is 12.1. The van der Waals surface area contributed by atoms with Gasteiger partial charge in [-0.3, -0.25) is 0 Å². The van der Waals surface area contributed by atoms with E-state index in [4.69, 9.17) is 4.74 Å². The van der Waals surface area contributed by atoms with Gasteiger partial charge in [0, 0.05) is 7.05 Å². The highest BCUT2D eigenvalue weighted by Crippen LogP contribution is 2.32. The highest BCUT2D eigenvalue weighted by Gasteiger charge is 2.23. The van der Waals surface area contributed by atoms with Gasteiger partial charge in [-0.05, 0) is 26.3 Å². The van der Waals surface area contributed by atoms with Crippen LogP contribution in [0, 0.1) is 20.8 Å². The lowest BCUT2D eigenvalue weighted by atomic mass is 9.98. The minimum absolute atomic E-state index is 0.601. The van der Waals surface area contributed by atoms with Crippen LogP contribution in [0.25, 0.3) is 0 Å². The Morgan fingerprint density at radius 2 is 1.74 bits per heavy atom. The van der Waals surface area contributed by atoms with Gasteiger partial charge >= 0.3 is 0 Å². The van der Waals surface area contributed by atoms with E-state index in [2.05, 4.69) is 11.2 Å². The molecule has 4 nitrogen and oxygen atoms in total. The summed E-state index contributed by atoms with van der Waals surface area (Å²) in [6, 6.07) is 6.07. The average molecular weight is 260 g/mol. The van der Waals surface area contributed by atoms with Crippen molar-refractivity contribution in [2.24, 2.45) is 7.05 Å². The lowest BCUT2D eigenvalue weighted by molar-refractivity contribution is 0.212. The zero-order valence-electron chi connectivity index (χ0n) is 12.1. The van der Waals surface area contributed by atoms with E-state index in [0.717, 1.165) is 27.9 Å². The molecule has 1 atom stereocenters. The molecule has 19 heavy (non-hydrogen) atoms. The number of aliphatic hydroxyl groups is 1. The molecule has 1 N–H and O–H groups in total. The first-order chi connectivity index (χ1) is 8.93. The SMILES string of the molecule is COc1c(C(O)c2cc(C)cc(C)c2)c(C)nn1C. The number of hydrogen-bond donors (Lipinski definition) is 1. The zero-order chi connectivity index (χ0) is 14.2. The second-order valence-corrected chi connectivity index (χ2v) is 4.96. The predicted octanol–water partition coefficient (Wildman–Crippen LogP) is 2.44. The van der Waals surface area contributed by atoms with Crippen molar-refractivity contribution in [2.75, 3.05) is 7.11 Å². The second kappa shape index (κ2) is 5.05. The number of benzene rings is 1. The molecule has 102 valence electrons. The van der Waals surface area contributed by atoms with Crippen molar-refractivity contribution in [1.82, 2.24) is 9.78 Å². The molecule has 0 spiro atoms. The van der Waals surface area contributed by atoms with Crippen molar-refractivity contribution in [3.05, 3.63) is 46.1 Å². The van der Waals surface area contributed by atoms with Crippen LogP contribution in [0.3, 0.4) is 0 Å². The lowest BCUT2D eigenvalue weighted by Gasteiger charge is -2.14. The molecule has 0 aliphatic rings. The van der Waals surface area contributed by atoms with E-state index in [1.54, 1.807) is 11.8 Å².